The van der Waals surface area contributed by atoms with Crippen molar-refractivity contribution in [2.75, 3.05) is 11.9 Å². The number of sulfonamides is 1. The molecule has 2 aromatic heterocycles. The molecule has 158 valence electrons. The van der Waals surface area contributed by atoms with E-state index in [-0.39, 0.29) is 16.6 Å². The van der Waals surface area contributed by atoms with Gasteiger partial charge in [0.1, 0.15) is 15.8 Å². The third-order valence-corrected chi connectivity index (χ3v) is 6.56. The summed E-state index contributed by atoms with van der Waals surface area (Å²) in [5.41, 5.74) is 2.17. The predicted octanol–water partition coefficient (Wildman–Crippen LogP) is 4.43. The summed E-state index contributed by atoms with van der Waals surface area (Å²) in [4.78, 5) is 16.5. The second-order valence-corrected chi connectivity index (χ2v) is 9.39. The number of benzene rings is 1. The molecule has 2 heterocycles. The van der Waals surface area contributed by atoms with Gasteiger partial charge in [-0.25, -0.2) is 13.4 Å². The van der Waals surface area contributed by atoms with Gasteiger partial charge in [0.15, 0.2) is 0 Å². The number of nitrogens with zero attached hydrogens (tertiary/aromatic N) is 2. The Bertz CT molecular complexity index is 1120. The average Bonchev–Trinajstić information content (AvgIpc) is 3.17. The number of halogens is 2. The van der Waals surface area contributed by atoms with Crippen LogP contribution in [0.3, 0.4) is 0 Å². The first-order valence-electron chi connectivity index (χ1n) is 8.87. The first kappa shape index (κ1) is 22.3. The Kier molecular flexibility index (Phi) is 6.82. The van der Waals surface area contributed by atoms with Crippen molar-refractivity contribution < 1.29 is 17.6 Å². The van der Waals surface area contributed by atoms with E-state index in [0.717, 1.165) is 21.6 Å². The Morgan fingerprint density at radius 2 is 1.97 bits per heavy atom. The Morgan fingerprint density at radius 3 is 2.57 bits per heavy atom. The number of carbonyl (C=O) groups is 1. The lowest BCUT2D eigenvalue weighted by atomic mass is 10.1. The van der Waals surface area contributed by atoms with Crippen molar-refractivity contribution in [1.29, 1.82) is 0 Å². The zero-order valence-corrected chi connectivity index (χ0v) is 18.6. The highest BCUT2D eigenvalue weighted by atomic mass is 35.5. The maximum absolute atomic E-state index is 13.1. The van der Waals surface area contributed by atoms with Crippen LogP contribution in [0.5, 0.6) is 0 Å². The number of amides is 1. The highest BCUT2D eigenvalue weighted by molar-refractivity contribution is 7.89. The lowest BCUT2D eigenvalue weighted by Crippen LogP contribution is -2.37. The standard InChI is InChI=1S/C20H19Cl2N3O4S/c1-13-8-14(2)20(17(21)9-13)24-19(26)12-25(11-15-4-3-7-29-15)30(27,28)16-5-6-18(22)23-10-16/h3-10H,11-12H2,1-2H3,(H,24,26). The first-order chi connectivity index (χ1) is 14.2. The summed E-state index contributed by atoms with van der Waals surface area (Å²) in [7, 11) is -4.05. The second kappa shape index (κ2) is 9.18. The molecule has 30 heavy (non-hydrogen) atoms. The molecule has 0 spiro atoms. The molecule has 3 rings (SSSR count). The van der Waals surface area contributed by atoms with Crippen LogP contribution in [0.2, 0.25) is 10.2 Å². The van der Waals surface area contributed by atoms with E-state index < -0.39 is 22.5 Å². The number of hydrogen-bond acceptors (Lipinski definition) is 5. The summed E-state index contributed by atoms with van der Waals surface area (Å²) < 4.78 is 32.5. The lowest BCUT2D eigenvalue weighted by Gasteiger charge is -2.21. The fourth-order valence-corrected chi connectivity index (χ4v) is 4.67. The fraction of sp³-hybridized carbons (Fsp3) is 0.200. The lowest BCUT2D eigenvalue weighted by molar-refractivity contribution is -0.116. The van der Waals surface area contributed by atoms with Crippen LogP contribution in [-0.4, -0.2) is 30.2 Å². The van der Waals surface area contributed by atoms with Crippen LogP contribution in [0.15, 0.2) is 58.2 Å². The predicted molar refractivity (Wildman–Crippen MR) is 115 cm³/mol. The van der Waals surface area contributed by atoms with Gasteiger partial charge in [-0.15, -0.1) is 0 Å². The van der Waals surface area contributed by atoms with Crippen molar-refractivity contribution >= 4 is 44.8 Å². The summed E-state index contributed by atoms with van der Waals surface area (Å²) in [6.45, 7) is 3.12. The minimum absolute atomic E-state index is 0.0872. The Balaban J connectivity index is 1.87. The topological polar surface area (TPSA) is 92.5 Å². The minimum atomic E-state index is -4.05. The molecule has 0 saturated carbocycles. The number of aromatic nitrogens is 1. The Labute approximate surface area is 184 Å². The summed E-state index contributed by atoms with van der Waals surface area (Å²) >= 11 is 12.0. The molecule has 0 bridgehead atoms. The number of hydrogen-bond donors (Lipinski definition) is 1. The SMILES string of the molecule is Cc1cc(C)c(NC(=O)CN(Cc2ccco2)S(=O)(=O)c2ccc(Cl)nc2)c(Cl)c1. The summed E-state index contributed by atoms with van der Waals surface area (Å²) in [6, 6.07) is 9.56. The second-order valence-electron chi connectivity index (χ2n) is 6.66. The van der Waals surface area contributed by atoms with Gasteiger partial charge in [0.05, 0.1) is 30.1 Å². The van der Waals surface area contributed by atoms with Gasteiger partial charge in [-0.3, -0.25) is 4.79 Å². The molecule has 0 unspecified atom stereocenters. The maximum atomic E-state index is 13.1. The van der Waals surface area contributed by atoms with E-state index in [1.165, 1.54) is 18.4 Å². The largest absolute Gasteiger partial charge is 0.468 e. The molecule has 7 nitrogen and oxygen atoms in total. The number of rotatable bonds is 7. The van der Waals surface area contributed by atoms with Gasteiger partial charge in [-0.1, -0.05) is 29.3 Å². The van der Waals surface area contributed by atoms with Gasteiger partial charge in [0.2, 0.25) is 15.9 Å². The number of nitrogens with one attached hydrogen (secondary N) is 1. The summed E-state index contributed by atoms with van der Waals surface area (Å²) in [5, 5.41) is 3.24. The molecule has 3 aromatic rings. The van der Waals surface area contributed by atoms with Crippen LogP contribution in [-0.2, 0) is 21.4 Å². The van der Waals surface area contributed by atoms with Crippen molar-refractivity contribution in [3.05, 3.63) is 75.9 Å². The fourth-order valence-electron chi connectivity index (χ4n) is 2.88. The van der Waals surface area contributed by atoms with Crippen molar-refractivity contribution in [2.24, 2.45) is 0 Å². The van der Waals surface area contributed by atoms with Gasteiger partial charge in [-0.2, -0.15) is 4.31 Å². The Hall–Kier alpha value is -2.39. The van der Waals surface area contributed by atoms with E-state index >= 15 is 0 Å². The van der Waals surface area contributed by atoms with Crippen molar-refractivity contribution in [1.82, 2.24) is 9.29 Å². The molecule has 0 saturated heterocycles. The third kappa shape index (κ3) is 5.20. The van der Waals surface area contributed by atoms with E-state index in [4.69, 9.17) is 27.6 Å². The monoisotopic (exact) mass is 467 g/mol. The van der Waals surface area contributed by atoms with Gasteiger partial charge >= 0.3 is 0 Å². The smallest absolute Gasteiger partial charge is 0.245 e. The quantitative estimate of drug-likeness (QED) is 0.518. The van der Waals surface area contributed by atoms with Gasteiger partial charge < -0.3 is 9.73 Å². The average molecular weight is 468 g/mol. The van der Waals surface area contributed by atoms with Gasteiger partial charge in [0, 0.05) is 6.20 Å². The van der Waals surface area contributed by atoms with Gasteiger partial charge in [-0.05, 0) is 55.3 Å². The van der Waals surface area contributed by atoms with Gasteiger partial charge in [0.25, 0.3) is 0 Å². The molecule has 0 aliphatic heterocycles. The number of pyridine rings is 1. The minimum Gasteiger partial charge on any atom is -0.468 e. The van der Waals surface area contributed by atoms with E-state index in [9.17, 15) is 13.2 Å². The molecule has 1 N–H and O–H groups in total. The summed E-state index contributed by atoms with van der Waals surface area (Å²) in [6.07, 6.45) is 2.57. The normalized spacial score (nSPS) is 11.6. The molecule has 0 aliphatic carbocycles. The van der Waals surface area contributed by atoms with Crippen LogP contribution in [0.4, 0.5) is 5.69 Å². The maximum Gasteiger partial charge on any atom is 0.245 e. The molecule has 1 aromatic carbocycles. The van der Waals surface area contributed by atoms with Crippen LogP contribution < -0.4 is 5.32 Å². The number of anilines is 1. The van der Waals surface area contributed by atoms with E-state index in [0.29, 0.717) is 16.5 Å². The highest BCUT2D eigenvalue weighted by Crippen LogP contribution is 2.27. The van der Waals surface area contributed by atoms with E-state index in [2.05, 4.69) is 10.3 Å². The zero-order chi connectivity index (χ0) is 21.9. The number of aryl methyl sites for hydroxylation is 2. The number of carbonyl (C=O) groups excluding carboxylic acids is 1. The van der Waals surface area contributed by atoms with E-state index in [1.54, 1.807) is 18.2 Å². The first-order valence-corrected chi connectivity index (χ1v) is 11.1. The molecule has 10 heteroatoms. The molecule has 0 atom stereocenters. The Morgan fingerprint density at radius 1 is 1.20 bits per heavy atom. The summed E-state index contributed by atoms with van der Waals surface area (Å²) in [5.74, 6) is -0.154. The molecule has 0 radical (unpaired) electrons. The third-order valence-electron chi connectivity index (χ3n) is 4.27. The van der Waals surface area contributed by atoms with Crippen LogP contribution in [0.25, 0.3) is 0 Å². The van der Waals surface area contributed by atoms with Crippen LogP contribution in [0, 0.1) is 13.8 Å². The van der Waals surface area contributed by atoms with Crippen LogP contribution >= 0.6 is 23.2 Å². The molecule has 0 aliphatic rings. The highest BCUT2D eigenvalue weighted by Gasteiger charge is 2.28. The molecule has 0 fully saturated rings. The zero-order valence-electron chi connectivity index (χ0n) is 16.2. The molecular formula is C20H19Cl2N3O4S. The van der Waals surface area contributed by atoms with Crippen molar-refractivity contribution in [2.45, 2.75) is 25.3 Å². The van der Waals surface area contributed by atoms with Crippen molar-refractivity contribution in [3.63, 3.8) is 0 Å². The van der Waals surface area contributed by atoms with Crippen LogP contribution in [0.1, 0.15) is 16.9 Å². The van der Waals surface area contributed by atoms with E-state index in [1.807, 2.05) is 19.9 Å². The van der Waals surface area contributed by atoms with Crippen molar-refractivity contribution in [3.8, 4) is 0 Å². The molecular weight excluding hydrogens is 449 g/mol. The number of furan rings is 1. The molecule has 1 amide bonds.